The van der Waals surface area contributed by atoms with Gasteiger partial charge in [0.1, 0.15) is 4.60 Å². The molecule has 0 saturated heterocycles. The van der Waals surface area contributed by atoms with Crippen molar-refractivity contribution in [1.82, 2.24) is 9.78 Å². The standard InChI is InChI=1S/C12H17BrN2O/c13-12-11(8-14-15(12)9-6-7-9)16-10-4-2-1-3-5-10/h8-10H,1-7H2. The Hall–Kier alpha value is -0.510. The zero-order valence-corrected chi connectivity index (χ0v) is 10.9. The second kappa shape index (κ2) is 4.40. The smallest absolute Gasteiger partial charge is 0.172 e. The molecule has 1 aromatic rings. The maximum absolute atomic E-state index is 6.01. The molecule has 0 radical (unpaired) electrons. The third-order valence-corrected chi connectivity index (χ3v) is 4.20. The van der Waals surface area contributed by atoms with Crippen LogP contribution in [0.15, 0.2) is 10.8 Å². The molecule has 2 saturated carbocycles. The van der Waals surface area contributed by atoms with E-state index in [1.54, 1.807) is 0 Å². The van der Waals surface area contributed by atoms with Gasteiger partial charge in [-0.1, -0.05) is 6.42 Å². The van der Waals surface area contributed by atoms with Gasteiger partial charge in [-0.2, -0.15) is 5.10 Å². The SMILES string of the molecule is Brc1c(OC2CCCCC2)cnn1C1CC1. The Kier molecular flexibility index (Phi) is 2.92. The van der Waals surface area contributed by atoms with Crippen LogP contribution in [0.25, 0.3) is 0 Å². The summed E-state index contributed by atoms with van der Waals surface area (Å²) < 4.78 is 9.10. The lowest BCUT2D eigenvalue weighted by molar-refractivity contribution is 0.153. The number of hydrogen-bond acceptors (Lipinski definition) is 2. The summed E-state index contributed by atoms with van der Waals surface area (Å²) >= 11 is 3.59. The summed E-state index contributed by atoms with van der Waals surface area (Å²) in [6.07, 6.45) is 11.1. The molecule has 0 aliphatic heterocycles. The van der Waals surface area contributed by atoms with E-state index >= 15 is 0 Å². The van der Waals surface area contributed by atoms with Gasteiger partial charge in [0.25, 0.3) is 0 Å². The van der Waals surface area contributed by atoms with Crippen molar-refractivity contribution in [3.63, 3.8) is 0 Å². The van der Waals surface area contributed by atoms with E-state index in [1.807, 2.05) is 6.20 Å². The molecule has 4 heteroatoms. The molecule has 0 amide bonds. The number of nitrogens with zero attached hydrogens (tertiary/aromatic N) is 2. The van der Waals surface area contributed by atoms with Gasteiger partial charge in [0.15, 0.2) is 5.75 Å². The number of hydrogen-bond donors (Lipinski definition) is 0. The average molecular weight is 285 g/mol. The molecule has 1 heterocycles. The lowest BCUT2D eigenvalue weighted by atomic mass is 9.98. The van der Waals surface area contributed by atoms with Crippen molar-refractivity contribution in [2.75, 3.05) is 0 Å². The van der Waals surface area contributed by atoms with Crippen molar-refractivity contribution in [3.05, 3.63) is 10.8 Å². The highest BCUT2D eigenvalue weighted by Gasteiger charge is 2.28. The molecule has 0 N–H and O–H groups in total. The van der Waals surface area contributed by atoms with Gasteiger partial charge in [-0.05, 0) is 54.5 Å². The Bertz CT molecular complexity index is 367. The fourth-order valence-corrected chi connectivity index (χ4v) is 2.92. The van der Waals surface area contributed by atoms with Crippen LogP contribution < -0.4 is 4.74 Å². The Morgan fingerprint density at radius 1 is 1.19 bits per heavy atom. The van der Waals surface area contributed by atoms with E-state index in [0.717, 1.165) is 10.4 Å². The fourth-order valence-electron chi connectivity index (χ4n) is 2.35. The van der Waals surface area contributed by atoms with E-state index in [9.17, 15) is 0 Å². The molecule has 0 spiro atoms. The summed E-state index contributed by atoms with van der Waals surface area (Å²) in [5.41, 5.74) is 0. The van der Waals surface area contributed by atoms with Crippen LogP contribution in [0.3, 0.4) is 0 Å². The van der Waals surface area contributed by atoms with E-state index in [0.29, 0.717) is 12.1 Å². The van der Waals surface area contributed by atoms with Gasteiger partial charge in [-0.25, -0.2) is 0 Å². The van der Waals surface area contributed by atoms with Gasteiger partial charge in [0.05, 0.1) is 18.3 Å². The molecule has 3 rings (SSSR count). The first kappa shape index (κ1) is 10.6. The van der Waals surface area contributed by atoms with Crippen LogP contribution in [0, 0.1) is 0 Å². The molecule has 0 atom stereocenters. The third kappa shape index (κ3) is 2.12. The predicted octanol–water partition coefficient (Wildman–Crippen LogP) is 3.69. The van der Waals surface area contributed by atoms with E-state index in [1.165, 1.54) is 44.9 Å². The quantitative estimate of drug-likeness (QED) is 0.846. The van der Waals surface area contributed by atoms with E-state index in [2.05, 4.69) is 25.7 Å². The average Bonchev–Trinajstić information content (AvgIpc) is 3.08. The Morgan fingerprint density at radius 3 is 2.62 bits per heavy atom. The highest BCUT2D eigenvalue weighted by Crippen LogP contribution is 2.40. The van der Waals surface area contributed by atoms with Gasteiger partial charge in [-0.15, -0.1) is 0 Å². The Balaban J connectivity index is 1.68. The minimum atomic E-state index is 0.405. The largest absolute Gasteiger partial charge is 0.486 e. The summed E-state index contributed by atoms with van der Waals surface area (Å²) in [6, 6.07) is 0.609. The molecule has 3 nitrogen and oxygen atoms in total. The second-order valence-electron chi connectivity index (χ2n) is 4.85. The lowest BCUT2D eigenvalue weighted by Crippen LogP contribution is -2.19. The third-order valence-electron chi connectivity index (χ3n) is 3.44. The molecule has 2 aliphatic carbocycles. The van der Waals surface area contributed by atoms with Crippen molar-refractivity contribution >= 4 is 15.9 Å². The topological polar surface area (TPSA) is 27.1 Å². The van der Waals surface area contributed by atoms with Gasteiger partial charge in [0.2, 0.25) is 0 Å². The number of rotatable bonds is 3. The van der Waals surface area contributed by atoms with Crippen LogP contribution >= 0.6 is 15.9 Å². The zero-order valence-electron chi connectivity index (χ0n) is 9.36. The van der Waals surface area contributed by atoms with Crippen molar-refractivity contribution < 1.29 is 4.74 Å². The van der Waals surface area contributed by atoms with Gasteiger partial charge in [0, 0.05) is 0 Å². The Morgan fingerprint density at radius 2 is 1.94 bits per heavy atom. The highest BCUT2D eigenvalue weighted by molar-refractivity contribution is 9.10. The molecule has 0 aromatic carbocycles. The summed E-state index contributed by atoms with van der Waals surface area (Å²) in [5, 5.41) is 4.39. The molecule has 0 unspecified atom stereocenters. The van der Waals surface area contributed by atoms with Crippen LogP contribution in [0.1, 0.15) is 51.0 Å². The minimum absolute atomic E-state index is 0.405. The molecular formula is C12H17BrN2O. The normalized spacial score (nSPS) is 22.3. The van der Waals surface area contributed by atoms with Gasteiger partial charge >= 0.3 is 0 Å². The maximum atomic E-state index is 6.01. The molecule has 1 aromatic heterocycles. The predicted molar refractivity (Wildman–Crippen MR) is 65.7 cm³/mol. The summed E-state index contributed by atoms with van der Waals surface area (Å²) in [5.74, 6) is 0.929. The second-order valence-corrected chi connectivity index (χ2v) is 5.60. The molecule has 16 heavy (non-hydrogen) atoms. The van der Waals surface area contributed by atoms with E-state index in [4.69, 9.17) is 4.74 Å². The lowest BCUT2D eigenvalue weighted by Gasteiger charge is -2.22. The van der Waals surface area contributed by atoms with Crippen LogP contribution in [-0.2, 0) is 0 Å². The molecule has 2 aliphatic rings. The van der Waals surface area contributed by atoms with Crippen molar-refractivity contribution in [3.8, 4) is 5.75 Å². The Labute approximate surface area is 104 Å². The van der Waals surface area contributed by atoms with Crippen molar-refractivity contribution in [2.24, 2.45) is 0 Å². The zero-order chi connectivity index (χ0) is 11.0. The number of ether oxygens (including phenoxy) is 1. The number of aromatic nitrogens is 2. The van der Waals surface area contributed by atoms with Crippen LogP contribution in [0.4, 0.5) is 0 Å². The monoisotopic (exact) mass is 284 g/mol. The number of halogens is 1. The van der Waals surface area contributed by atoms with E-state index in [-0.39, 0.29) is 0 Å². The van der Waals surface area contributed by atoms with E-state index < -0.39 is 0 Å². The molecule has 0 bridgehead atoms. The summed E-state index contributed by atoms with van der Waals surface area (Å²) in [6.45, 7) is 0. The van der Waals surface area contributed by atoms with Gasteiger partial charge in [-0.3, -0.25) is 4.68 Å². The minimum Gasteiger partial charge on any atom is -0.486 e. The van der Waals surface area contributed by atoms with Crippen molar-refractivity contribution in [1.29, 1.82) is 0 Å². The molecule has 88 valence electrons. The fraction of sp³-hybridized carbons (Fsp3) is 0.750. The highest BCUT2D eigenvalue weighted by atomic mass is 79.9. The first-order valence-electron chi connectivity index (χ1n) is 6.24. The molecular weight excluding hydrogens is 268 g/mol. The van der Waals surface area contributed by atoms with Crippen LogP contribution in [0.5, 0.6) is 5.75 Å². The summed E-state index contributed by atoms with van der Waals surface area (Å²) in [7, 11) is 0. The van der Waals surface area contributed by atoms with Gasteiger partial charge < -0.3 is 4.74 Å². The van der Waals surface area contributed by atoms with Crippen molar-refractivity contribution in [2.45, 2.75) is 57.1 Å². The molecule has 2 fully saturated rings. The first-order chi connectivity index (χ1) is 7.84. The van der Waals surface area contributed by atoms with Crippen LogP contribution in [-0.4, -0.2) is 15.9 Å². The first-order valence-corrected chi connectivity index (χ1v) is 7.03. The maximum Gasteiger partial charge on any atom is 0.172 e. The summed E-state index contributed by atoms with van der Waals surface area (Å²) in [4.78, 5) is 0. The van der Waals surface area contributed by atoms with Crippen LogP contribution in [0.2, 0.25) is 0 Å².